The second-order valence-electron chi connectivity index (χ2n) is 4.54. The molecule has 2 heteroatoms. The monoisotopic (exact) mass is 191 g/mol. The maximum absolute atomic E-state index is 5.78. The Balaban J connectivity index is 2.36. The molecule has 2 nitrogen and oxygen atoms in total. The van der Waals surface area contributed by atoms with Gasteiger partial charge in [-0.15, -0.1) is 0 Å². The third-order valence-electron chi connectivity index (χ3n) is 2.97. The van der Waals surface area contributed by atoms with Crippen LogP contribution < -0.4 is 10.5 Å². The molecule has 0 radical (unpaired) electrons. The smallest absolute Gasteiger partial charge is 0.125 e. The molecule has 1 aliphatic heterocycles. The van der Waals surface area contributed by atoms with Gasteiger partial charge in [-0.05, 0) is 24.5 Å². The van der Waals surface area contributed by atoms with Crippen LogP contribution in [0.2, 0.25) is 0 Å². The molecule has 2 rings (SSSR count). The van der Waals surface area contributed by atoms with Gasteiger partial charge in [0.2, 0.25) is 0 Å². The number of benzene rings is 1. The van der Waals surface area contributed by atoms with Crippen LogP contribution in [-0.4, -0.2) is 13.2 Å². The van der Waals surface area contributed by atoms with E-state index in [1.807, 2.05) is 0 Å². The first-order chi connectivity index (χ1) is 6.64. The van der Waals surface area contributed by atoms with Crippen molar-refractivity contribution in [3.05, 3.63) is 29.3 Å². The van der Waals surface area contributed by atoms with Gasteiger partial charge in [-0.3, -0.25) is 0 Å². The first-order valence-corrected chi connectivity index (χ1v) is 5.06. The van der Waals surface area contributed by atoms with Crippen LogP contribution in [0.1, 0.15) is 18.1 Å². The lowest BCUT2D eigenvalue weighted by Gasteiger charge is -2.34. The average Bonchev–Trinajstić information content (AvgIpc) is 2.18. The zero-order valence-corrected chi connectivity index (χ0v) is 8.84. The minimum Gasteiger partial charge on any atom is -0.492 e. The number of ether oxygens (including phenoxy) is 1. The molecular weight excluding hydrogens is 174 g/mol. The van der Waals surface area contributed by atoms with E-state index in [0.717, 1.165) is 18.8 Å². The highest BCUT2D eigenvalue weighted by Crippen LogP contribution is 2.35. The van der Waals surface area contributed by atoms with Gasteiger partial charge in [0.05, 0.1) is 6.61 Å². The minimum absolute atomic E-state index is 0.112. The van der Waals surface area contributed by atoms with Crippen molar-refractivity contribution in [2.24, 2.45) is 11.1 Å². The van der Waals surface area contributed by atoms with Crippen LogP contribution in [0.3, 0.4) is 0 Å². The molecule has 1 heterocycles. The van der Waals surface area contributed by atoms with Crippen molar-refractivity contribution in [1.82, 2.24) is 0 Å². The maximum Gasteiger partial charge on any atom is 0.125 e. The molecule has 1 aliphatic rings. The molecule has 1 unspecified atom stereocenters. The molecule has 1 aromatic rings. The first kappa shape index (κ1) is 9.53. The van der Waals surface area contributed by atoms with Crippen molar-refractivity contribution in [3.63, 3.8) is 0 Å². The fourth-order valence-electron chi connectivity index (χ4n) is 1.95. The predicted octanol–water partition coefficient (Wildman–Crippen LogP) is 1.89. The summed E-state index contributed by atoms with van der Waals surface area (Å²) in [6.45, 7) is 5.68. The Morgan fingerprint density at radius 1 is 1.50 bits per heavy atom. The summed E-state index contributed by atoms with van der Waals surface area (Å²) in [5.41, 5.74) is 8.38. The maximum atomic E-state index is 5.78. The molecule has 1 aromatic carbocycles. The van der Waals surface area contributed by atoms with Crippen LogP contribution in [0.4, 0.5) is 0 Å². The molecule has 0 saturated heterocycles. The van der Waals surface area contributed by atoms with E-state index in [4.69, 9.17) is 10.5 Å². The zero-order chi connectivity index (χ0) is 10.2. The Morgan fingerprint density at radius 3 is 3.00 bits per heavy atom. The van der Waals surface area contributed by atoms with Crippen LogP contribution in [0.15, 0.2) is 18.2 Å². The number of para-hydroxylation sites is 1. The third-order valence-corrected chi connectivity index (χ3v) is 2.97. The highest BCUT2D eigenvalue weighted by Gasteiger charge is 2.30. The molecule has 2 N–H and O–H groups in total. The number of hydrogen-bond acceptors (Lipinski definition) is 2. The fourth-order valence-corrected chi connectivity index (χ4v) is 1.95. The quantitative estimate of drug-likeness (QED) is 0.735. The Kier molecular flexibility index (Phi) is 2.23. The molecule has 0 aliphatic carbocycles. The minimum atomic E-state index is 0.112. The van der Waals surface area contributed by atoms with Crippen LogP contribution in [0.5, 0.6) is 5.75 Å². The lowest BCUT2D eigenvalue weighted by atomic mass is 9.82. The topological polar surface area (TPSA) is 35.2 Å². The number of rotatable bonds is 1. The second-order valence-corrected chi connectivity index (χ2v) is 4.54. The van der Waals surface area contributed by atoms with E-state index in [0.29, 0.717) is 6.54 Å². The first-order valence-electron chi connectivity index (χ1n) is 5.06. The molecule has 0 bridgehead atoms. The van der Waals surface area contributed by atoms with Crippen molar-refractivity contribution < 1.29 is 4.74 Å². The van der Waals surface area contributed by atoms with E-state index in [1.54, 1.807) is 0 Å². The van der Waals surface area contributed by atoms with Crippen molar-refractivity contribution in [2.75, 3.05) is 13.2 Å². The van der Waals surface area contributed by atoms with Gasteiger partial charge in [0.1, 0.15) is 5.75 Å². The molecule has 0 saturated carbocycles. The summed E-state index contributed by atoms with van der Waals surface area (Å²) in [6.07, 6.45) is 1.03. The van der Waals surface area contributed by atoms with Crippen molar-refractivity contribution in [2.45, 2.75) is 20.3 Å². The SMILES string of the molecule is Cc1cccc2c1OCC(C)(CN)C2. The van der Waals surface area contributed by atoms with Crippen LogP contribution >= 0.6 is 0 Å². The Labute approximate surface area is 85.1 Å². The highest BCUT2D eigenvalue weighted by atomic mass is 16.5. The van der Waals surface area contributed by atoms with Crippen molar-refractivity contribution in [1.29, 1.82) is 0 Å². The Morgan fingerprint density at radius 2 is 2.29 bits per heavy atom. The Hall–Kier alpha value is -1.02. The number of nitrogens with two attached hydrogens (primary N) is 1. The molecule has 0 aromatic heterocycles. The van der Waals surface area contributed by atoms with E-state index >= 15 is 0 Å². The van der Waals surface area contributed by atoms with Gasteiger partial charge < -0.3 is 10.5 Å². The highest BCUT2D eigenvalue weighted by molar-refractivity contribution is 5.42. The zero-order valence-electron chi connectivity index (χ0n) is 8.84. The van der Waals surface area contributed by atoms with Gasteiger partial charge in [0, 0.05) is 12.0 Å². The summed E-state index contributed by atoms with van der Waals surface area (Å²) in [6, 6.07) is 6.30. The van der Waals surface area contributed by atoms with Gasteiger partial charge in [-0.2, -0.15) is 0 Å². The molecule has 0 fully saturated rings. The molecule has 1 atom stereocenters. The molecule has 76 valence electrons. The lowest BCUT2D eigenvalue weighted by molar-refractivity contribution is 0.143. The molecular formula is C12H17NO. The molecule has 0 amide bonds. The van der Waals surface area contributed by atoms with Crippen LogP contribution in [0, 0.1) is 12.3 Å². The summed E-state index contributed by atoms with van der Waals surface area (Å²) in [4.78, 5) is 0. The number of fused-ring (bicyclic) bond motifs is 1. The van der Waals surface area contributed by atoms with E-state index in [1.165, 1.54) is 11.1 Å². The molecule has 0 spiro atoms. The van der Waals surface area contributed by atoms with Gasteiger partial charge in [0.25, 0.3) is 0 Å². The van der Waals surface area contributed by atoms with E-state index in [-0.39, 0.29) is 5.41 Å². The third kappa shape index (κ3) is 1.50. The van der Waals surface area contributed by atoms with Gasteiger partial charge >= 0.3 is 0 Å². The second kappa shape index (κ2) is 3.28. The number of hydrogen-bond donors (Lipinski definition) is 1. The van der Waals surface area contributed by atoms with E-state index < -0.39 is 0 Å². The lowest BCUT2D eigenvalue weighted by Crippen LogP contribution is -2.38. The normalized spacial score (nSPS) is 25.4. The van der Waals surface area contributed by atoms with Gasteiger partial charge in [0.15, 0.2) is 0 Å². The summed E-state index contributed by atoms with van der Waals surface area (Å²) in [7, 11) is 0. The van der Waals surface area contributed by atoms with Gasteiger partial charge in [-0.1, -0.05) is 25.1 Å². The standard InChI is InChI=1S/C12H17NO/c1-9-4-3-5-10-6-12(2,7-13)8-14-11(9)10/h3-5H,6-8,13H2,1-2H3. The summed E-state index contributed by atoms with van der Waals surface area (Å²) in [5, 5.41) is 0. The van der Waals surface area contributed by atoms with E-state index in [2.05, 4.69) is 32.0 Å². The summed E-state index contributed by atoms with van der Waals surface area (Å²) in [5.74, 6) is 1.07. The number of aryl methyl sites for hydroxylation is 1. The summed E-state index contributed by atoms with van der Waals surface area (Å²) < 4.78 is 5.78. The van der Waals surface area contributed by atoms with Crippen molar-refractivity contribution >= 4 is 0 Å². The average molecular weight is 191 g/mol. The van der Waals surface area contributed by atoms with Gasteiger partial charge in [-0.25, -0.2) is 0 Å². The van der Waals surface area contributed by atoms with E-state index in [9.17, 15) is 0 Å². The largest absolute Gasteiger partial charge is 0.492 e. The molecule has 14 heavy (non-hydrogen) atoms. The van der Waals surface area contributed by atoms with Crippen LogP contribution in [0.25, 0.3) is 0 Å². The van der Waals surface area contributed by atoms with Crippen molar-refractivity contribution in [3.8, 4) is 5.75 Å². The predicted molar refractivity (Wildman–Crippen MR) is 57.5 cm³/mol. The summed E-state index contributed by atoms with van der Waals surface area (Å²) >= 11 is 0. The van der Waals surface area contributed by atoms with Crippen LogP contribution in [-0.2, 0) is 6.42 Å². The fraction of sp³-hybridized carbons (Fsp3) is 0.500. The Bertz CT molecular complexity index is 348.